The van der Waals surface area contributed by atoms with Gasteiger partial charge in [0, 0.05) is 7.11 Å². The first-order chi connectivity index (χ1) is 7.85. The minimum Gasteiger partial charge on any atom is -0.382 e. The Morgan fingerprint density at radius 1 is 1.35 bits per heavy atom. The maximum atomic E-state index is 12.2. The van der Waals surface area contributed by atoms with Crippen LogP contribution in [0.25, 0.3) is 0 Å². The first-order valence-corrected chi connectivity index (χ1v) is 5.54. The molecule has 1 heterocycles. The molecule has 1 spiro atoms. The van der Waals surface area contributed by atoms with Crippen LogP contribution >= 0.6 is 0 Å². The fourth-order valence-electron chi connectivity index (χ4n) is 2.21. The van der Waals surface area contributed by atoms with Gasteiger partial charge < -0.3 is 4.74 Å². The van der Waals surface area contributed by atoms with Crippen molar-refractivity contribution in [2.75, 3.05) is 13.7 Å². The van der Waals surface area contributed by atoms with E-state index in [1.807, 2.05) is 0 Å². The normalized spacial score (nSPS) is 23.0. The van der Waals surface area contributed by atoms with Crippen molar-refractivity contribution in [2.45, 2.75) is 32.2 Å². The zero-order valence-corrected chi connectivity index (χ0v) is 10.2. The highest BCUT2D eigenvalue weighted by molar-refractivity contribution is 6.21. The number of hydrogen-bond acceptors (Lipinski definition) is 4. The smallest absolute Gasteiger partial charge is 0.331 e. The van der Waals surface area contributed by atoms with Crippen LogP contribution in [-0.2, 0) is 14.3 Å². The summed E-state index contributed by atoms with van der Waals surface area (Å²) in [6.07, 6.45) is 1.04. The van der Waals surface area contributed by atoms with Crippen LogP contribution in [-0.4, -0.2) is 42.0 Å². The van der Waals surface area contributed by atoms with Crippen molar-refractivity contribution in [2.24, 2.45) is 5.41 Å². The van der Waals surface area contributed by atoms with E-state index in [4.69, 9.17) is 4.74 Å². The second-order valence-corrected chi connectivity index (χ2v) is 5.23. The van der Waals surface area contributed by atoms with Crippen LogP contribution in [0.1, 0.15) is 26.7 Å². The van der Waals surface area contributed by atoms with Crippen molar-refractivity contribution in [3.8, 4) is 0 Å². The molecule has 0 atom stereocenters. The van der Waals surface area contributed by atoms with E-state index < -0.39 is 28.8 Å². The molecule has 6 heteroatoms. The zero-order chi connectivity index (χ0) is 12.8. The Balaban J connectivity index is 2.31. The van der Waals surface area contributed by atoms with Crippen LogP contribution in [0.3, 0.4) is 0 Å². The first-order valence-electron chi connectivity index (χ1n) is 5.54. The Bertz CT molecular complexity index is 398. The number of urea groups is 1. The molecular formula is C11H16N2O4. The molecule has 0 bridgehead atoms. The lowest BCUT2D eigenvalue weighted by Crippen LogP contribution is -2.66. The summed E-state index contributed by atoms with van der Waals surface area (Å²) in [5.74, 6) is -0.856. The second kappa shape index (κ2) is 3.53. The summed E-state index contributed by atoms with van der Waals surface area (Å²) in [4.78, 5) is 36.7. The van der Waals surface area contributed by atoms with Crippen LogP contribution in [0.5, 0.6) is 0 Å². The van der Waals surface area contributed by atoms with Crippen molar-refractivity contribution >= 4 is 17.8 Å². The molecule has 1 saturated heterocycles. The highest BCUT2D eigenvalue weighted by Gasteiger charge is 2.64. The topological polar surface area (TPSA) is 75.7 Å². The lowest BCUT2D eigenvalue weighted by molar-refractivity contribution is -0.149. The number of amides is 4. The van der Waals surface area contributed by atoms with Gasteiger partial charge in [0.25, 0.3) is 0 Å². The molecular weight excluding hydrogens is 224 g/mol. The molecule has 1 N–H and O–H groups in total. The van der Waals surface area contributed by atoms with E-state index in [1.165, 1.54) is 7.11 Å². The molecule has 0 aromatic heterocycles. The van der Waals surface area contributed by atoms with Gasteiger partial charge in [-0.15, -0.1) is 0 Å². The molecule has 4 amide bonds. The van der Waals surface area contributed by atoms with Gasteiger partial charge in [0.1, 0.15) is 5.41 Å². The third kappa shape index (κ3) is 1.63. The second-order valence-electron chi connectivity index (χ2n) is 5.23. The van der Waals surface area contributed by atoms with Gasteiger partial charge in [0.15, 0.2) is 0 Å². The third-order valence-electron chi connectivity index (χ3n) is 3.32. The molecule has 6 nitrogen and oxygen atoms in total. The van der Waals surface area contributed by atoms with Crippen molar-refractivity contribution in [1.29, 1.82) is 0 Å². The summed E-state index contributed by atoms with van der Waals surface area (Å²) in [6, 6.07) is -0.653. The van der Waals surface area contributed by atoms with Crippen LogP contribution < -0.4 is 5.32 Å². The Hall–Kier alpha value is -1.43. The summed E-state index contributed by atoms with van der Waals surface area (Å²) in [5, 5.41) is 2.25. The van der Waals surface area contributed by atoms with Crippen LogP contribution in [0.15, 0.2) is 0 Å². The maximum absolute atomic E-state index is 12.2. The summed E-state index contributed by atoms with van der Waals surface area (Å²) in [6.45, 7) is 3.70. The van der Waals surface area contributed by atoms with E-state index in [-0.39, 0.29) is 6.61 Å². The Kier molecular flexibility index (Phi) is 2.50. The molecule has 1 saturated carbocycles. The number of carbonyl (C=O) groups is 3. The predicted molar refractivity (Wildman–Crippen MR) is 58.0 cm³/mol. The van der Waals surface area contributed by atoms with Gasteiger partial charge in [0.05, 0.1) is 12.1 Å². The van der Waals surface area contributed by atoms with Crippen LogP contribution in [0, 0.1) is 5.41 Å². The molecule has 0 aromatic carbocycles. The molecule has 94 valence electrons. The fraction of sp³-hybridized carbons (Fsp3) is 0.727. The molecule has 2 fully saturated rings. The minimum absolute atomic E-state index is 0.233. The number of barbiturate groups is 1. The monoisotopic (exact) mass is 240 g/mol. The number of methoxy groups -OCH3 is 1. The highest BCUT2D eigenvalue weighted by Crippen LogP contribution is 2.50. The molecule has 1 aliphatic heterocycles. The van der Waals surface area contributed by atoms with E-state index in [0.29, 0.717) is 12.8 Å². The fourth-order valence-corrected chi connectivity index (χ4v) is 2.21. The number of carbonyl (C=O) groups excluding carboxylic acids is 3. The quantitative estimate of drug-likeness (QED) is 0.718. The van der Waals surface area contributed by atoms with Gasteiger partial charge in [-0.3, -0.25) is 19.8 Å². The summed E-state index contributed by atoms with van der Waals surface area (Å²) >= 11 is 0. The van der Waals surface area contributed by atoms with Crippen molar-refractivity contribution < 1.29 is 19.1 Å². The predicted octanol–water partition coefficient (Wildman–Crippen LogP) is 0.270. The first kappa shape index (κ1) is 12.0. The van der Waals surface area contributed by atoms with Gasteiger partial charge in [-0.1, -0.05) is 0 Å². The Morgan fingerprint density at radius 3 is 2.41 bits per heavy atom. The largest absolute Gasteiger partial charge is 0.382 e. The van der Waals surface area contributed by atoms with Crippen molar-refractivity contribution in [3.05, 3.63) is 0 Å². The third-order valence-corrected chi connectivity index (χ3v) is 3.32. The standard InChI is InChI=1S/C11H16N2O4/c1-10(2,6-17-3)13-8(15)11(4-5-11)7(14)12-9(13)16/h4-6H2,1-3H3,(H,12,14,16). The average Bonchev–Trinajstić information content (AvgIpc) is 2.95. The SMILES string of the molecule is COCC(C)(C)N1C(=O)NC(=O)C2(CC2)C1=O. The molecule has 2 rings (SSSR count). The van der Waals surface area contributed by atoms with E-state index in [1.54, 1.807) is 13.8 Å². The average molecular weight is 240 g/mol. The van der Waals surface area contributed by atoms with Crippen LogP contribution in [0.2, 0.25) is 0 Å². The molecule has 1 aliphatic carbocycles. The van der Waals surface area contributed by atoms with Crippen LogP contribution in [0.4, 0.5) is 4.79 Å². The molecule has 17 heavy (non-hydrogen) atoms. The van der Waals surface area contributed by atoms with E-state index in [9.17, 15) is 14.4 Å². The summed E-state index contributed by atoms with van der Waals surface area (Å²) in [7, 11) is 1.51. The van der Waals surface area contributed by atoms with Gasteiger partial charge in [-0.2, -0.15) is 0 Å². The van der Waals surface area contributed by atoms with Gasteiger partial charge in [0.2, 0.25) is 11.8 Å². The summed E-state index contributed by atoms with van der Waals surface area (Å²) < 4.78 is 5.01. The molecule has 0 unspecified atom stereocenters. The van der Waals surface area contributed by atoms with Crippen molar-refractivity contribution in [1.82, 2.24) is 10.2 Å². The van der Waals surface area contributed by atoms with Crippen molar-refractivity contribution in [3.63, 3.8) is 0 Å². The number of hydrogen-bond donors (Lipinski definition) is 1. The van der Waals surface area contributed by atoms with E-state index in [2.05, 4.69) is 5.32 Å². The Morgan fingerprint density at radius 2 is 1.94 bits per heavy atom. The maximum Gasteiger partial charge on any atom is 0.331 e. The molecule has 2 aliphatic rings. The lowest BCUT2D eigenvalue weighted by Gasteiger charge is -2.40. The lowest BCUT2D eigenvalue weighted by atomic mass is 9.96. The zero-order valence-electron chi connectivity index (χ0n) is 10.2. The Labute approximate surface area is 99.3 Å². The molecule has 0 aromatic rings. The molecule has 0 radical (unpaired) electrons. The highest BCUT2D eigenvalue weighted by atomic mass is 16.5. The van der Waals surface area contributed by atoms with E-state index >= 15 is 0 Å². The number of nitrogens with one attached hydrogen (secondary N) is 1. The summed E-state index contributed by atoms with van der Waals surface area (Å²) in [5.41, 5.74) is -1.74. The number of nitrogens with zero attached hydrogens (tertiary/aromatic N) is 1. The van der Waals surface area contributed by atoms with Gasteiger partial charge >= 0.3 is 6.03 Å². The number of ether oxygens (including phenoxy) is 1. The van der Waals surface area contributed by atoms with Gasteiger partial charge in [-0.05, 0) is 26.7 Å². The van der Waals surface area contributed by atoms with Gasteiger partial charge in [-0.25, -0.2) is 4.79 Å². The number of rotatable bonds is 3. The van der Waals surface area contributed by atoms with E-state index in [0.717, 1.165) is 4.90 Å². The number of imide groups is 2. The minimum atomic E-state index is -0.987.